The van der Waals surface area contributed by atoms with Gasteiger partial charge in [-0.2, -0.15) is 5.10 Å². The average Bonchev–Trinajstić information content (AvgIpc) is 3.59. The lowest BCUT2D eigenvalue weighted by atomic mass is 9.88. The number of carbonyl (C=O) groups is 2. The highest BCUT2D eigenvalue weighted by atomic mass is 32.1. The molecule has 1 saturated carbocycles. The number of allylic oxidation sites excluding steroid dienone is 3. The monoisotopic (exact) mass is 510 g/mol. The third-order valence-electron chi connectivity index (χ3n) is 7.60. The van der Waals surface area contributed by atoms with Gasteiger partial charge < -0.3 is 9.64 Å². The lowest BCUT2D eigenvalue weighted by Crippen LogP contribution is -2.46. The summed E-state index contributed by atoms with van der Waals surface area (Å²) < 4.78 is 7.12. The number of hydrogen-bond donors (Lipinski definition) is 0. The van der Waals surface area contributed by atoms with E-state index < -0.39 is 0 Å². The van der Waals surface area contributed by atoms with Crippen molar-refractivity contribution in [2.75, 3.05) is 12.0 Å². The summed E-state index contributed by atoms with van der Waals surface area (Å²) in [5.41, 5.74) is 3.18. The normalized spacial score (nSPS) is 21.1. The SMILES string of the molecule is C=C1CC=C(c2cc(N(C(=O)C(CC)CCC)C3CCC(n4cncn4)CC3)c(C(=O)OC)s2)CC1. The van der Waals surface area contributed by atoms with Crippen LogP contribution in [0.1, 0.15) is 98.6 Å². The molecule has 2 aliphatic carbocycles. The van der Waals surface area contributed by atoms with Crippen molar-refractivity contribution >= 4 is 34.5 Å². The van der Waals surface area contributed by atoms with Gasteiger partial charge in [0, 0.05) is 16.8 Å². The molecule has 1 unspecified atom stereocenters. The number of esters is 1. The number of carbonyl (C=O) groups excluding carboxylic acids is 2. The zero-order valence-electron chi connectivity index (χ0n) is 21.7. The smallest absolute Gasteiger partial charge is 0.350 e. The van der Waals surface area contributed by atoms with Crippen molar-refractivity contribution in [3.05, 3.63) is 46.7 Å². The minimum Gasteiger partial charge on any atom is -0.465 e. The van der Waals surface area contributed by atoms with Crippen molar-refractivity contribution in [1.29, 1.82) is 0 Å². The number of nitrogens with zero attached hydrogens (tertiary/aromatic N) is 4. The third-order valence-corrected chi connectivity index (χ3v) is 8.78. The first-order valence-electron chi connectivity index (χ1n) is 13.2. The Hall–Kier alpha value is -2.74. The van der Waals surface area contributed by atoms with Crippen LogP contribution in [0.5, 0.6) is 0 Å². The van der Waals surface area contributed by atoms with Crippen LogP contribution in [-0.2, 0) is 9.53 Å². The summed E-state index contributed by atoms with van der Waals surface area (Å²) in [5, 5.41) is 4.33. The number of amides is 1. The number of aromatic nitrogens is 3. The highest BCUT2D eigenvalue weighted by Gasteiger charge is 2.36. The van der Waals surface area contributed by atoms with E-state index in [1.54, 1.807) is 12.7 Å². The summed E-state index contributed by atoms with van der Waals surface area (Å²) >= 11 is 1.45. The molecule has 0 saturated heterocycles. The second kappa shape index (κ2) is 12.0. The average molecular weight is 511 g/mol. The Balaban J connectivity index is 1.71. The molecule has 4 rings (SSSR count). The molecule has 194 valence electrons. The van der Waals surface area contributed by atoms with E-state index in [0.29, 0.717) is 4.88 Å². The van der Waals surface area contributed by atoms with Crippen LogP contribution in [0.2, 0.25) is 0 Å². The molecule has 0 aromatic carbocycles. The quantitative estimate of drug-likeness (QED) is 0.281. The standard InChI is InChI=1S/C28H38N4O3S/c1-5-7-20(6-2)27(33)32(23-14-12-22(13-15-23)31-18-29-17-30-31)24-16-25(36-26(24)28(34)35-4)21-10-8-19(3)9-11-21/h10,16-18,20,22-23H,3,5-9,11-15H2,1-2,4H3. The maximum absolute atomic E-state index is 14.1. The Labute approximate surface area is 218 Å². The van der Waals surface area contributed by atoms with E-state index in [1.165, 1.54) is 29.6 Å². The van der Waals surface area contributed by atoms with Crippen molar-refractivity contribution in [2.24, 2.45) is 5.92 Å². The summed E-state index contributed by atoms with van der Waals surface area (Å²) in [6, 6.07) is 2.39. The number of rotatable bonds is 9. The molecule has 1 amide bonds. The molecule has 2 aromatic heterocycles. The first kappa shape index (κ1) is 26.3. The van der Waals surface area contributed by atoms with Crippen molar-refractivity contribution in [3.8, 4) is 0 Å². The number of anilines is 1. The van der Waals surface area contributed by atoms with E-state index in [4.69, 9.17) is 4.74 Å². The van der Waals surface area contributed by atoms with Gasteiger partial charge >= 0.3 is 5.97 Å². The number of methoxy groups -OCH3 is 1. The lowest BCUT2D eigenvalue weighted by Gasteiger charge is -2.38. The maximum atomic E-state index is 14.1. The summed E-state index contributed by atoms with van der Waals surface area (Å²) in [7, 11) is 1.41. The summed E-state index contributed by atoms with van der Waals surface area (Å²) in [4.78, 5) is 34.7. The van der Waals surface area contributed by atoms with Crippen LogP contribution in [0.4, 0.5) is 5.69 Å². The minimum atomic E-state index is -0.375. The molecule has 2 aliphatic rings. The minimum absolute atomic E-state index is 0.0362. The van der Waals surface area contributed by atoms with Crippen LogP contribution in [0.15, 0.2) is 36.9 Å². The fourth-order valence-electron chi connectivity index (χ4n) is 5.49. The Bertz CT molecular complexity index is 1100. The number of ether oxygens (including phenoxy) is 1. The highest BCUT2D eigenvalue weighted by molar-refractivity contribution is 7.15. The topological polar surface area (TPSA) is 77.3 Å². The van der Waals surface area contributed by atoms with Gasteiger partial charge in [-0.15, -0.1) is 11.3 Å². The van der Waals surface area contributed by atoms with Crippen LogP contribution in [0.3, 0.4) is 0 Å². The van der Waals surface area contributed by atoms with Crippen molar-refractivity contribution < 1.29 is 14.3 Å². The fraction of sp³-hybridized carbons (Fsp3) is 0.571. The molecule has 8 heteroatoms. The van der Waals surface area contributed by atoms with Crippen LogP contribution >= 0.6 is 11.3 Å². The number of hydrogen-bond acceptors (Lipinski definition) is 6. The Morgan fingerprint density at radius 2 is 2.03 bits per heavy atom. The molecule has 36 heavy (non-hydrogen) atoms. The van der Waals surface area contributed by atoms with Crippen LogP contribution in [0.25, 0.3) is 5.57 Å². The van der Waals surface area contributed by atoms with E-state index in [0.717, 1.165) is 74.8 Å². The van der Waals surface area contributed by atoms with Crippen LogP contribution < -0.4 is 4.90 Å². The van der Waals surface area contributed by atoms with Gasteiger partial charge in [-0.25, -0.2) is 14.5 Å². The largest absolute Gasteiger partial charge is 0.465 e. The zero-order chi connectivity index (χ0) is 25.7. The Kier molecular flexibility index (Phi) is 8.77. The second-order valence-electron chi connectivity index (χ2n) is 9.94. The molecule has 1 atom stereocenters. The van der Waals surface area contributed by atoms with Crippen molar-refractivity contribution in [3.63, 3.8) is 0 Å². The highest BCUT2D eigenvalue weighted by Crippen LogP contribution is 2.42. The maximum Gasteiger partial charge on any atom is 0.350 e. The Morgan fingerprint density at radius 1 is 1.25 bits per heavy atom. The van der Waals surface area contributed by atoms with Gasteiger partial charge in [0.2, 0.25) is 5.91 Å². The first-order chi connectivity index (χ1) is 17.5. The van der Waals surface area contributed by atoms with E-state index in [1.807, 2.05) is 9.58 Å². The molecule has 1 fully saturated rings. The molecular weight excluding hydrogens is 472 g/mol. The molecular formula is C28H38N4O3S. The summed E-state index contributed by atoms with van der Waals surface area (Å²) in [5.74, 6) is -0.308. The van der Waals surface area contributed by atoms with Gasteiger partial charge in [-0.05, 0) is 69.4 Å². The Morgan fingerprint density at radius 3 is 2.61 bits per heavy atom. The summed E-state index contributed by atoms with van der Waals surface area (Å²) in [6.45, 7) is 8.31. The third kappa shape index (κ3) is 5.64. The van der Waals surface area contributed by atoms with Gasteiger partial charge in [-0.3, -0.25) is 4.79 Å². The van der Waals surface area contributed by atoms with Gasteiger partial charge in [0.1, 0.15) is 17.5 Å². The van der Waals surface area contributed by atoms with Crippen molar-refractivity contribution in [2.45, 2.75) is 90.1 Å². The van der Waals surface area contributed by atoms with E-state index in [-0.39, 0.29) is 29.9 Å². The molecule has 0 spiro atoms. The molecule has 2 heterocycles. The molecule has 7 nitrogen and oxygen atoms in total. The molecule has 0 bridgehead atoms. The van der Waals surface area contributed by atoms with Crippen LogP contribution in [-0.4, -0.2) is 39.8 Å². The van der Waals surface area contributed by atoms with Gasteiger partial charge in [0.05, 0.1) is 18.8 Å². The van der Waals surface area contributed by atoms with E-state index in [2.05, 4.69) is 42.7 Å². The molecule has 2 aromatic rings. The predicted octanol–water partition coefficient (Wildman–Crippen LogP) is 6.59. The van der Waals surface area contributed by atoms with Crippen LogP contribution in [0, 0.1) is 5.92 Å². The number of thiophene rings is 1. The van der Waals surface area contributed by atoms with E-state index in [9.17, 15) is 9.59 Å². The van der Waals surface area contributed by atoms with E-state index >= 15 is 0 Å². The van der Waals surface area contributed by atoms with Crippen molar-refractivity contribution in [1.82, 2.24) is 14.8 Å². The van der Waals surface area contributed by atoms with Gasteiger partial charge in [0.25, 0.3) is 0 Å². The molecule has 0 radical (unpaired) electrons. The van der Waals surface area contributed by atoms with Gasteiger partial charge in [-0.1, -0.05) is 38.5 Å². The predicted molar refractivity (Wildman–Crippen MR) is 144 cm³/mol. The molecule has 0 N–H and O–H groups in total. The fourth-order valence-corrected chi connectivity index (χ4v) is 6.63. The summed E-state index contributed by atoms with van der Waals surface area (Å²) in [6.07, 6.45) is 14.4. The zero-order valence-corrected chi connectivity index (χ0v) is 22.6. The van der Waals surface area contributed by atoms with Gasteiger partial charge in [0.15, 0.2) is 0 Å². The molecule has 0 aliphatic heterocycles. The lowest BCUT2D eigenvalue weighted by molar-refractivity contribution is -0.123. The second-order valence-corrected chi connectivity index (χ2v) is 11.0. The first-order valence-corrected chi connectivity index (χ1v) is 14.0.